The molecule has 4 nitrogen and oxygen atoms in total. The Kier molecular flexibility index (Phi) is 4.30. The van der Waals surface area contributed by atoms with Crippen molar-refractivity contribution in [3.05, 3.63) is 54.5 Å². The highest BCUT2D eigenvalue weighted by atomic mass is 15.1. The Balaban J connectivity index is 1.57. The molecule has 0 radical (unpaired) electrons. The van der Waals surface area contributed by atoms with E-state index in [0.29, 0.717) is 0 Å². The van der Waals surface area contributed by atoms with Crippen LogP contribution in [0.4, 0.5) is 0 Å². The number of aromatic nitrogens is 3. The van der Waals surface area contributed by atoms with E-state index < -0.39 is 0 Å². The average molecular weight is 320 g/mol. The second kappa shape index (κ2) is 6.73. The Morgan fingerprint density at radius 2 is 1.96 bits per heavy atom. The van der Waals surface area contributed by atoms with Crippen LogP contribution in [0.15, 0.2) is 48.8 Å². The molecule has 0 aliphatic carbocycles. The van der Waals surface area contributed by atoms with Gasteiger partial charge in [-0.25, -0.2) is 9.97 Å². The molecule has 1 saturated heterocycles. The van der Waals surface area contributed by atoms with Crippen molar-refractivity contribution in [3.8, 4) is 5.82 Å². The number of para-hydroxylation sites is 2. The monoisotopic (exact) mass is 320 g/mol. The summed E-state index contributed by atoms with van der Waals surface area (Å²) in [4.78, 5) is 11.8. The van der Waals surface area contributed by atoms with Crippen LogP contribution in [0.2, 0.25) is 0 Å². The number of hydrogen-bond acceptors (Lipinski definition) is 3. The van der Waals surface area contributed by atoms with Crippen LogP contribution in [-0.4, -0.2) is 39.6 Å². The fourth-order valence-electron chi connectivity index (χ4n) is 3.67. The van der Waals surface area contributed by atoms with Gasteiger partial charge in [0.25, 0.3) is 0 Å². The average Bonchev–Trinajstić information content (AvgIpc) is 2.93. The number of nitrogens with zero attached hydrogens (tertiary/aromatic N) is 4. The minimum atomic E-state index is 0.747. The number of fused-ring (bicyclic) bond motifs is 1. The van der Waals surface area contributed by atoms with Crippen molar-refractivity contribution in [3.63, 3.8) is 0 Å². The molecule has 1 aliphatic heterocycles. The molecule has 24 heavy (non-hydrogen) atoms. The minimum Gasteiger partial charge on any atom is -0.306 e. The summed E-state index contributed by atoms with van der Waals surface area (Å²) < 4.78 is 2.08. The van der Waals surface area contributed by atoms with Crippen molar-refractivity contribution in [1.82, 2.24) is 19.4 Å². The van der Waals surface area contributed by atoms with Gasteiger partial charge in [0, 0.05) is 5.69 Å². The van der Waals surface area contributed by atoms with Gasteiger partial charge < -0.3 is 4.90 Å². The summed E-state index contributed by atoms with van der Waals surface area (Å²) >= 11 is 0. The molecule has 1 aromatic carbocycles. The van der Waals surface area contributed by atoms with Crippen molar-refractivity contribution in [2.75, 3.05) is 20.1 Å². The Hall–Kier alpha value is -2.20. The third-order valence-electron chi connectivity index (χ3n) is 5.06. The lowest BCUT2D eigenvalue weighted by atomic mass is 9.95. The van der Waals surface area contributed by atoms with E-state index in [1.807, 2.05) is 24.5 Å². The number of imidazole rings is 1. The van der Waals surface area contributed by atoms with E-state index in [9.17, 15) is 0 Å². The molecule has 1 atom stereocenters. The Morgan fingerprint density at radius 3 is 2.92 bits per heavy atom. The summed E-state index contributed by atoms with van der Waals surface area (Å²) in [6.07, 6.45) is 6.83. The van der Waals surface area contributed by atoms with Crippen molar-refractivity contribution < 1.29 is 0 Å². The summed E-state index contributed by atoms with van der Waals surface area (Å²) in [5.41, 5.74) is 3.31. The van der Waals surface area contributed by atoms with Crippen LogP contribution in [-0.2, 0) is 6.42 Å². The molecular formula is C20H24N4. The molecule has 124 valence electrons. The van der Waals surface area contributed by atoms with Crippen molar-refractivity contribution >= 4 is 11.0 Å². The first-order chi connectivity index (χ1) is 11.8. The van der Waals surface area contributed by atoms with Crippen LogP contribution in [0, 0.1) is 5.92 Å². The summed E-state index contributed by atoms with van der Waals surface area (Å²) in [7, 11) is 2.23. The normalized spacial score (nSPS) is 19.5. The van der Waals surface area contributed by atoms with Gasteiger partial charge in [-0.15, -0.1) is 0 Å². The second-order valence-electron chi connectivity index (χ2n) is 6.89. The molecule has 0 N–H and O–H groups in total. The third kappa shape index (κ3) is 3.20. The van der Waals surface area contributed by atoms with Crippen LogP contribution in [0.5, 0.6) is 0 Å². The standard InChI is InChI=1S/C20H24N4/c1-23-12-5-6-16(11-13-23)14-17-7-4-10-20(22-17)24-15-21-18-8-2-3-9-19(18)24/h2-4,7-10,15-16H,5-6,11-14H2,1H3/t16-/m1/s1. The summed E-state index contributed by atoms with van der Waals surface area (Å²) in [6.45, 7) is 2.43. The number of rotatable bonds is 3. The highest BCUT2D eigenvalue weighted by molar-refractivity contribution is 5.76. The van der Waals surface area contributed by atoms with Crippen molar-refractivity contribution in [2.45, 2.75) is 25.7 Å². The zero-order valence-corrected chi connectivity index (χ0v) is 14.2. The van der Waals surface area contributed by atoms with E-state index in [2.05, 4.69) is 45.8 Å². The molecule has 0 bridgehead atoms. The van der Waals surface area contributed by atoms with Gasteiger partial charge in [-0.1, -0.05) is 18.2 Å². The van der Waals surface area contributed by atoms with Gasteiger partial charge in [0.1, 0.15) is 12.1 Å². The Morgan fingerprint density at radius 1 is 1.04 bits per heavy atom. The lowest BCUT2D eigenvalue weighted by molar-refractivity contribution is 0.341. The van der Waals surface area contributed by atoms with Gasteiger partial charge in [-0.3, -0.25) is 4.57 Å². The maximum Gasteiger partial charge on any atom is 0.138 e. The fraction of sp³-hybridized carbons (Fsp3) is 0.400. The maximum absolute atomic E-state index is 4.92. The molecule has 0 amide bonds. The van der Waals surface area contributed by atoms with Crippen LogP contribution < -0.4 is 0 Å². The first kappa shape index (κ1) is 15.3. The van der Waals surface area contributed by atoms with E-state index in [4.69, 9.17) is 4.98 Å². The van der Waals surface area contributed by atoms with Gasteiger partial charge in [0.2, 0.25) is 0 Å². The number of likely N-dealkylation sites (tertiary alicyclic amines) is 1. The van der Waals surface area contributed by atoms with Crippen LogP contribution in [0.3, 0.4) is 0 Å². The molecule has 1 fully saturated rings. The topological polar surface area (TPSA) is 34.0 Å². The lowest BCUT2D eigenvalue weighted by Gasteiger charge is -2.15. The second-order valence-corrected chi connectivity index (χ2v) is 6.89. The fourth-order valence-corrected chi connectivity index (χ4v) is 3.67. The number of pyridine rings is 1. The minimum absolute atomic E-state index is 0.747. The molecule has 3 heterocycles. The number of benzene rings is 1. The van der Waals surface area contributed by atoms with Gasteiger partial charge in [0.15, 0.2) is 0 Å². The van der Waals surface area contributed by atoms with E-state index in [-0.39, 0.29) is 0 Å². The van der Waals surface area contributed by atoms with E-state index in [1.165, 1.54) is 38.0 Å². The van der Waals surface area contributed by atoms with Crippen LogP contribution in [0.1, 0.15) is 25.0 Å². The Labute approximate surface area is 143 Å². The molecule has 4 rings (SSSR count). The summed E-state index contributed by atoms with van der Waals surface area (Å²) in [5.74, 6) is 1.71. The zero-order valence-electron chi connectivity index (χ0n) is 14.2. The van der Waals surface area contributed by atoms with Gasteiger partial charge in [-0.2, -0.15) is 0 Å². The van der Waals surface area contributed by atoms with Gasteiger partial charge in [-0.05, 0) is 76.0 Å². The van der Waals surface area contributed by atoms with Gasteiger partial charge in [0.05, 0.1) is 11.0 Å². The van der Waals surface area contributed by atoms with Crippen molar-refractivity contribution in [1.29, 1.82) is 0 Å². The van der Waals surface area contributed by atoms with E-state index in [0.717, 1.165) is 29.2 Å². The quantitative estimate of drug-likeness (QED) is 0.738. The SMILES string of the molecule is CN1CCC[C@@H](Cc2cccc(-n3cnc4ccccc43)n2)CC1. The predicted octanol–water partition coefficient (Wildman–Crippen LogP) is 3.69. The highest BCUT2D eigenvalue weighted by Gasteiger charge is 2.16. The molecular weight excluding hydrogens is 296 g/mol. The molecule has 0 saturated carbocycles. The van der Waals surface area contributed by atoms with E-state index >= 15 is 0 Å². The van der Waals surface area contributed by atoms with Crippen LogP contribution >= 0.6 is 0 Å². The molecule has 2 aromatic heterocycles. The molecule has 1 aliphatic rings. The third-order valence-corrected chi connectivity index (χ3v) is 5.06. The predicted molar refractivity (Wildman–Crippen MR) is 97.4 cm³/mol. The summed E-state index contributed by atoms with van der Waals surface area (Å²) in [5, 5.41) is 0. The van der Waals surface area contributed by atoms with E-state index in [1.54, 1.807) is 0 Å². The maximum atomic E-state index is 4.92. The molecule has 0 spiro atoms. The highest BCUT2D eigenvalue weighted by Crippen LogP contribution is 2.22. The largest absolute Gasteiger partial charge is 0.306 e. The van der Waals surface area contributed by atoms with Crippen molar-refractivity contribution in [2.24, 2.45) is 5.92 Å². The Bertz CT molecular complexity index is 823. The smallest absolute Gasteiger partial charge is 0.138 e. The first-order valence-corrected chi connectivity index (χ1v) is 8.86. The number of hydrogen-bond donors (Lipinski definition) is 0. The first-order valence-electron chi connectivity index (χ1n) is 8.86. The van der Waals surface area contributed by atoms with Gasteiger partial charge >= 0.3 is 0 Å². The molecule has 0 unspecified atom stereocenters. The van der Waals surface area contributed by atoms with Crippen LogP contribution in [0.25, 0.3) is 16.9 Å². The lowest BCUT2D eigenvalue weighted by Crippen LogP contribution is -2.19. The molecule has 3 aromatic rings. The summed E-state index contributed by atoms with van der Waals surface area (Å²) in [6, 6.07) is 14.6. The molecule has 4 heteroatoms. The zero-order chi connectivity index (χ0) is 16.4.